The van der Waals surface area contributed by atoms with Crippen molar-refractivity contribution in [2.45, 2.75) is 26.8 Å². The summed E-state index contributed by atoms with van der Waals surface area (Å²) in [7, 11) is 0. The van der Waals surface area contributed by atoms with Crippen LogP contribution in [0.5, 0.6) is 0 Å². The maximum Gasteiger partial charge on any atom is 0.308 e. The maximum absolute atomic E-state index is 10.8. The van der Waals surface area contributed by atoms with Crippen LogP contribution in [0.4, 0.5) is 11.5 Å². The van der Waals surface area contributed by atoms with E-state index >= 15 is 0 Å². The molecule has 0 aliphatic carbocycles. The lowest BCUT2D eigenvalue weighted by Crippen LogP contribution is -2.30. The lowest BCUT2D eigenvalue weighted by atomic mass is 10.0. The van der Waals surface area contributed by atoms with E-state index < -0.39 is 16.8 Å². The molecule has 1 aromatic rings. The summed E-state index contributed by atoms with van der Waals surface area (Å²) in [4.78, 5) is 24.9. The van der Waals surface area contributed by atoms with E-state index in [0.29, 0.717) is 11.5 Å². The first-order chi connectivity index (χ1) is 8.32. The Bertz CT molecular complexity index is 475. The molecule has 1 aromatic heterocycles. The molecular weight excluding hydrogens is 238 g/mol. The second kappa shape index (κ2) is 5.44. The van der Waals surface area contributed by atoms with E-state index in [1.165, 1.54) is 19.1 Å². The van der Waals surface area contributed by atoms with Gasteiger partial charge in [-0.2, -0.15) is 0 Å². The zero-order valence-corrected chi connectivity index (χ0v) is 10.4. The third kappa shape index (κ3) is 3.16. The molecule has 7 nitrogen and oxygen atoms in total. The molecule has 18 heavy (non-hydrogen) atoms. The molecule has 2 atom stereocenters. The van der Waals surface area contributed by atoms with Crippen LogP contribution in [-0.2, 0) is 4.79 Å². The molecule has 98 valence electrons. The van der Waals surface area contributed by atoms with Crippen molar-refractivity contribution in [1.29, 1.82) is 0 Å². The van der Waals surface area contributed by atoms with Gasteiger partial charge in [-0.1, -0.05) is 0 Å². The van der Waals surface area contributed by atoms with Crippen LogP contribution in [0.1, 0.15) is 19.5 Å². The van der Waals surface area contributed by atoms with Crippen LogP contribution < -0.4 is 5.32 Å². The van der Waals surface area contributed by atoms with Crippen LogP contribution in [0.3, 0.4) is 0 Å². The smallest absolute Gasteiger partial charge is 0.308 e. The predicted octanol–water partition coefficient (Wildman–Crippen LogP) is 1.82. The van der Waals surface area contributed by atoms with Crippen molar-refractivity contribution in [1.82, 2.24) is 4.98 Å². The fourth-order valence-electron chi connectivity index (χ4n) is 1.40. The lowest BCUT2D eigenvalue weighted by Gasteiger charge is -2.18. The zero-order chi connectivity index (χ0) is 13.9. The van der Waals surface area contributed by atoms with Crippen molar-refractivity contribution in [3.63, 3.8) is 0 Å². The van der Waals surface area contributed by atoms with Crippen molar-refractivity contribution in [2.75, 3.05) is 5.32 Å². The quantitative estimate of drug-likeness (QED) is 0.612. The highest BCUT2D eigenvalue weighted by molar-refractivity contribution is 5.71. The number of carboxylic acids is 1. The van der Waals surface area contributed by atoms with Gasteiger partial charge in [0.2, 0.25) is 0 Å². The molecule has 0 amide bonds. The van der Waals surface area contributed by atoms with Gasteiger partial charge in [-0.25, -0.2) is 4.98 Å². The molecule has 2 unspecified atom stereocenters. The number of aromatic nitrogens is 1. The number of nitro groups is 1. The lowest BCUT2D eigenvalue weighted by molar-refractivity contribution is -0.385. The second-order valence-electron chi connectivity index (χ2n) is 4.12. The third-order valence-electron chi connectivity index (χ3n) is 2.77. The Morgan fingerprint density at radius 2 is 2.11 bits per heavy atom. The van der Waals surface area contributed by atoms with E-state index in [0.717, 1.165) is 0 Å². The summed E-state index contributed by atoms with van der Waals surface area (Å²) in [6, 6.07) is 2.50. The van der Waals surface area contributed by atoms with Crippen molar-refractivity contribution in [3.8, 4) is 0 Å². The van der Waals surface area contributed by atoms with Gasteiger partial charge in [0.25, 0.3) is 5.69 Å². The molecule has 0 saturated carbocycles. The van der Waals surface area contributed by atoms with E-state index in [9.17, 15) is 14.9 Å². The molecule has 1 heterocycles. The summed E-state index contributed by atoms with van der Waals surface area (Å²) in [5.41, 5.74) is 0.236. The van der Waals surface area contributed by atoms with Crippen LogP contribution in [0.2, 0.25) is 0 Å². The molecule has 0 spiro atoms. The monoisotopic (exact) mass is 253 g/mol. The third-order valence-corrected chi connectivity index (χ3v) is 2.77. The number of hydrogen-bond donors (Lipinski definition) is 2. The summed E-state index contributed by atoms with van der Waals surface area (Å²) in [5.74, 6) is -1.06. The number of carbonyl (C=O) groups is 1. The highest BCUT2D eigenvalue weighted by atomic mass is 16.6. The Labute approximate surface area is 104 Å². The molecule has 0 radical (unpaired) electrons. The molecule has 7 heteroatoms. The van der Waals surface area contributed by atoms with E-state index in [-0.39, 0.29) is 11.7 Å². The minimum Gasteiger partial charge on any atom is -0.481 e. The van der Waals surface area contributed by atoms with Gasteiger partial charge in [0.05, 0.1) is 10.8 Å². The van der Waals surface area contributed by atoms with Crippen LogP contribution in [0.15, 0.2) is 12.1 Å². The number of hydrogen-bond acceptors (Lipinski definition) is 5. The average Bonchev–Trinajstić information content (AvgIpc) is 2.27. The topological polar surface area (TPSA) is 105 Å². The minimum atomic E-state index is -0.909. The Morgan fingerprint density at radius 3 is 2.56 bits per heavy atom. The van der Waals surface area contributed by atoms with Crippen LogP contribution in [-0.4, -0.2) is 27.0 Å². The Hall–Kier alpha value is -2.18. The predicted molar refractivity (Wildman–Crippen MR) is 65.5 cm³/mol. The molecule has 0 fully saturated rings. The van der Waals surface area contributed by atoms with E-state index in [1.807, 2.05) is 0 Å². The van der Waals surface area contributed by atoms with Gasteiger partial charge in [0.1, 0.15) is 11.5 Å². The number of nitrogens with one attached hydrogen (secondary N) is 1. The molecule has 0 aromatic carbocycles. The van der Waals surface area contributed by atoms with Crippen molar-refractivity contribution in [2.24, 2.45) is 5.92 Å². The van der Waals surface area contributed by atoms with E-state index in [1.54, 1.807) is 13.8 Å². The van der Waals surface area contributed by atoms with Gasteiger partial charge in [0.15, 0.2) is 0 Å². The number of pyridine rings is 1. The largest absolute Gasteiger partial charge is 0.481 e. The molecular formula is C11H15N3O4. The fraction of sp³-hybridized carbons (Fsp3) is 0.455. The molecule has 0 aliphatic heterocycles. The van der Waals surface area contributed by atoms with Gasteiger partial charge >= 0.3 is 5.97 Å². The van der Waals surface area contributed by atoms with Gasteiger partial charge in [-0.3, -0.25) is 14.9 Å². The van der Waals surface area contributed by atoms with Crippen LogP contribution >= 0.6 is 0 Å². The Morgan fingerprint density at radius 1 is 1.50 bits per heavy atom. The maximum atomic E-state index is 10.8. The second-order valence-corrected chi connectivity index (χ2v) is 4.12. The molecule has 0 bridgehead atoms. The van der Waals surface area contributed by atoms with Gasteiger partial charge in [0, 0.05) is 12.1 Å². The zero-order valence-electron chi connectivity index (χ0n) is 10.4. The summed E-state index contributed by atoms with van der Waals surface area (Å²) >= 11 is 0. The minimum absolute atomic E-state index is 0.0560. The average molecular weight is 253 g/mol. The highest BCUT2D eigenvalue weighted by Gasteiger charge is 2.20. The number of carboxylic acid groups (broad SMARTS) is 1. The van der Waals surface area contributed by atoms with Crippen molar-refractivity contribution < 1.29 is 14.8 Å². The van der Waals surface area contributed by atoms with Gasteiger partial charge in [-0.05, 0) is 26.8 Å². The standard InChI is InChI=1S/C11H15N3O4/c1-6(11(15)16)7(2)12-10-5-4-9(14(17)18)8(3)13-10/h4-7H,1-3H3,(H,12,13)(H,15,16). The van der Waals surface area contributed by atoms with Gasteiger partial charge in [-0.15, -0.1) is 0 Å². The van der Waals surface area contributed by atoms with Crippen molar-refractivity contribution >= 4 is 17.5 Å². The first-order valence-electron chi connectivity index (χ1n) is 5.44. The van der Waals surface area contributed by atoms with Gasteiger partial charge < -0.3 is 10.4 Å². The number of aryl methyl sites for hydroxylation is 1. The van der Waals surface area contributed by atoms with E-state index in [2.05, 4.69) is 10.3 Å². The summed E-state index contributed by atoms with van der Waals surface area (Å²) in [5, 5.41) is 22.4. The van der Waals surface area contributed by atoms with Crippen molar-refractivity contribution in [3.05, 3.63) is 27.9 Å². The number of rotatable bonds is 5. The Kier molecular flexibility index (Phi) is 4.19. The summed E-state index contributed by atoms with van der Waals surface area (Å²) in [6.45, 7) is 4.84. The number of aliphatic carboxylic acids is 1. The first-order valence-corrected chi connectivity index (χ1v) is 5.44. The summed E-state index contributed by atoms with van der Waals surface area (Å²) < 4.78 is 0. The SMILES string of the molecule is Cc1nc(NC(C)C(C)C(=O)O)ccc1[N+](=O)[O-]. The van der Waals surface area contributed by atoms with E-state index in [4.69, 9.17) is 5.11 Å². The highest BCUT2D eigenvalue weighted by Crippen LogP contribution is 2.19. The molecule has 2 N–H and O–H groups in total. The molecule has 1 rings (SSSR count). The normalized spacial score (nSPS) is 13.7. The fourth-order valence-corrected chi connectivity index (χ4v) is 1.40. The van der Waals surface area contributed by atoms with Crippen LogP contribution in [0.25, 0.3) is 0 Å². The first kappa shape index (κ1) is 13.9. The molecule has 0 saturated heterocycles. The number of nitrogens with zero attached hydrogens (tertiary/aromatic N) is 2. The van der Waals surface area contributed by atoms with Crippen LogP contribution in [0, 0.1) is 23.0 Å². The number of anilines is 1. The summed E-state index contributed by atoms with van der Waals surface area (Å²) in [6.07, 6.45) is 0. The Balaban J connectivity index is 2.84. The molecule has 0 aliphatic rings.